The molecule has 21 heavy (non-hydrogen) atoms. The molecule has 0 spiro atoms. The lowest BCUT2D eigenvalue weighted by Gasteiger charge is -2.23. The summed E-state index contributed by atoms with van der Waals surface area (Å²) >= 11 is 0. The summed E-state index contributed by atoms with van der Waals surface area (Å²) in [5.41, 5.74) is 7.88. The standard InChI is InChI=1S/C17H28N2O2/c1-12(2)14-8-6-7-9-15(14)13(10-18)11-19-16(20)21-17(3,4)5/h6-9,12-13H,10-11,18H2,1-5H3,(H,19,20). The van der Waals surface area contributed by atoms with Gasteiger partial charge >= 0.3 is 6.09 Å². The van der Waals surface area contributed by atoms with E-state index in [-0.39, 0.29) is 5.92 Å². The van der Waals surface area contributed by atoms with Gasteiger partial charge in [-0.15, -0.1) is 0 Å². The molecule has 0 fully saturated rings. The second-order valence-corrected chi connectivity index (χ2v) is 6.60. The molecule has 3 N–H and O–H groups in total. The van der Waals surface area contributed by atoms with Crippen LogP contribution >= 0.6 is 0 Å². The highest BCUT2D eigenvalue weighted by atomic mass is 16.6. The number of hydrogen-bond donors (Lipinski definition) is 2. The molecule has 1 atom stereocenters. The zero-order chi connectivity index (χ0) is 16.0. The lowest BCUT2D eigenvalue weighted by Crippen LogP contribution is -2.36. The fourth-order valence-corrected chi connectivity index (χ4v) is 2.25. The molecule has 1 rings (SSSR count). The van der Waals surface area contributed by atoms with Gasteiger partial charge in [-0.1, -0.05) is 38.1 Å². The van der Waals surface area contributed by atoms with E-state index in [1.165, 1.54) is 11.1 Å². The van der Waals surface area contributed by atoms with Crippen molar-refractivity contribution in [3.63, 3.8) is 0 Å². The van der Waals surface area contributed by atoms with Crippen molar-refractivity contribution < 1.29 is 9.53 Å². The maximum Gasteiger partial charge on any atom is 0.407 e. The Morgan fingerprint density at radius 1 is 1.24 bits per heavy atom. The molecule has 0 bridgehead atoms. The minimum Gasteiger partial charge on any atom is -0.444 e. The number of hydrogen-bond acceptors (Lipinski definition) is 3. The predicted octanol–water partition coefficient (Wildman–Crippen LogP) is 3.38. The summed E-state index contributed by atoms with van der Waals surface area (Å²) < 4.78 is 5.26. The van der Waals surface area contributed by atoms with Crippen molar-refractivity contribution in [2.45, 2.75) is 52.1 Å². The lowest BCUT2D eigenvalue weighted by molar-refractivity contribution is 0.0525. The molecule has 4 heteroatoms. The summed E-state index contributed by atoms with van der Waals surface area (Å²) in [5, 5.41) is 2.81. The largest absolute Gasteiger partial charge is 0.444 e. The number of nitrogens with one attached hydrogen (secondary N) is 1. The number of rotatable bonds is 5. The third-order valence-electron chi connectivity index (χ3n) is 3.23. The van der Waals surface area contributed by atoms with E-state index >= 15 is 0 Å². The van der Waals surface area contributed by atoms with Crippen molar-refractivity contribution >= 4 is 6.09 Å². The Kier molecular flexibility index (Phi) is 6.21. The van der Waals surface area contributed by atoms with Crippen LogP contribution in [-0.2, 0) is 4.74 Å². The Bertz CT molecular complexity index is 464. The first kappa shape index (κ1) is 17.5. The predicted molar refractivity (Wildman–Crippen MR) is 86.6 cm³/mol. The normalized spacial score (nSPS) is 13.1. The molecule has 118 valence electrons. The van der Waals surface area contributed by atoms with E-state index in [1.807, 2.05) is 32.9 Å². The molecule has 0 aliphatic heterocycles. The number of alkyl carbamates (subject to hydrolysis) is 1. The van der Waals surface area contributed by atoms with Gasteiger partial charge in [-0.3, -0.25) is 0 Å². The van der Waals surface area contributed by atoms with Gasteiger partial charge in [-0.2, -0.15) is 0 Å². The molecule has 0 saturated heterocycles. The van der Waals surface area contributed by atoms with Crippen molar-refractivity contribution in [3.05, 3.63) is 35.4 Å². The van der Waals surface area contributed by atoms with Crippen molar-refractivity contribution in [2.24, 2.45) is 5.73 Å². The van der Waals surface area contributed by atoms with Gasteiger partial charge in [0.15, 0.2) is 0 Å². The van der Waals surface area contributed by atoms with Crippen LogP contribution in [0.2, 0.25) is 0 Å². The topological polar surface area (TPSA) is 64.3 Å². The molecule has 0 aliphatic rings. The van der Waals surface area contributed by atoms with E-state index in [1.54, 1.807) is 0 Å². The second-order valence-electron chi connectivity index (χ2n) is 6.60. The fourth-order valence-electron chi connectivity index (χ4n) is 2.25. The van der Waals surface area contributed by atoms with Crippen molar-refractivity contribution in [2.75, 3.05) is 13.1 Å². The fraction of sp³-hybridized carbons (Fsp3) is 0.588. The number of ether oxygens (including phenoxy) is 1. The third-order valence-corrected chi connectivity index (χ3v) is 3.23. The van der Waals surface area contributed by atoms with Crippen LogP contribution in [0.5, 0.6) is 0 Å². The summed E-state index contributed by atoms with van der Waals surface area (Å²) in [5.74, 6) is 0.521. The van der Waals surface area contributed by atoms with Crippen molar-refractivity contribution in [3.8, 4) is 0 Å². The summed E-state index contributed by atoms with van der Waals surface area (Å²) in [6.45, 7) is 10.8. The van der Waals surface area contributed by atoms with Gasteiger partial charge in [0.05, 0.1) is 0 Å². The molecule has 0 saturated carbocycles. The Hall–Kier alpha value is -1.55. The van der Waals surface area contributed by atoms with E-state index in [9.17, 15) is 4.79 Å². The monoisotopic (exact) mass is 292 g/mol. The van der Waals surface area contributed by atoms with E-state index in [4.69, 9.17) is 10.5 Å². The summed E-state index contributed by atoms with van der Waals surface area (Å²) in [7, 11) is 0. The highest BCUT2D eigenvalue weighted by molar-refractivity contribution is 5.67. The minimum atomic E-state index is -0.488. The first-order valence-corrected chi connectivity index (χ1v) is 7.50. The van der Waals surface area contributed by atoms with Crippen LogP contribution in [-0.4, -0.2) is 24.8 Å². The van der Waals surface area contributed by atoms with Gasteiger partial charge in [0, 0.05) is 19.0 Å². The molecular formula is C17H28N2O2. The van der Waals surface area contributed by atoms with Crippen molar-refractivity contribution in [1.82, 2.24) is 5.32 Å². The molecule has 0 aliphatic carbocycles. The Morgan fingerprint density at radius 2 is 1.81 bits per heavy atom. The third kappa shape index (κ3) is 5.76. The first-order valence-electron chi connectivity index (χ1n) is 7.50. The highest BCUT2D eigenvalue weighted by Gasteiger charge is 2.19. The SMILES string of the molecule is CC(C)c1ccccc1C(CN)CNC(=O)OC(C)(C)C. The van der Waals surface area contributed by atoms with Crippen molar-refractivity contribution in [1.29, 1.82) is 0 Å². The number of carbonyl (C=O) groups excluding carboxylic acids is 1. The number of amides is 1. The molecule has 4 nitrogen and oxygen atoms in total. The van der Waals surface area contributed by atoms with E-state index in [2.05, 4.69) is 31.3 Å². The molecule has 0 aromatic heterocycles. The average Bonchev–Trinajstić information content (AvgIpc) is 2.37. The Balaban J connectivity index is 2.74. The zero-order valence-corrected chi connectivity index (χ0v) is 13.8. The number of nitrogens with two attached hydrogens (primary N) is 1. The maximum absolute atomic E-state index is 11.8. The van der Waals surface area contributed by atoms with Gasteiger partial charge in [0.2, 0.25) is 0 Å². The summed E-state index contributed by atoms with van der Waals surface area (Å²) in [6, 6.07) is 8.25. The molecule has 1 unspecified atom stereocenters. The van der Waals surface area contributed by atoms with Crippen LogP contribution in [0.25, 0.3) is 0 Å². The number of benzene rings is 1. The minimum absolute atomic E-state index is 0.0936. The lowest BCUT2D eigenvalue weighted by atomic mass is 9.89. The van der Waals surface area contributed by atoms with Gasteiger partial charge in [-0.05, 0) is 37.8 Å². The molecular weight excluding hydrogens is 264 g/mol. The molecule has 0 radical (unpaired) electrons. The second kappa shape index (κ2) is 7.46. The van der Waals surface area contributed by atoms with Crippen LogP contribution in [0.4, 0.5) is 4.79 Å². The van der Waals surface area contributed by atoms with Gasteiger partial charge in [-0.25, -0.2) is 4.79 Å². The maximum atomic E-state index is 11.8. The van der Waals surface area contributed by atoms with Gasteiger partial charge in [0.25, 0.3) is 0 Å². The van der Waals surface area contributed by atoms with Crippen LogP contribution in [0.1, 0.15) is 57.6 Å². The van der Waals surface area contributed by atoms with Gasteiger partial charge in [0.1, 0.15) is 5.60 Å². The quantitative estimate of drug-likeness (QED) is 0.874. The average molecular weight is 292 g/mol. The Morgan fingerprint density at radius 3 is 2.29 bits per heavy atom. The zero-order valence-electron chi connectivity index (χ0n) is 13.8. The van der Waals surface area contributed by atoms with Crippen LogP contribution in [0.3, 0.4) is 0 Å². The highest BCUT2D eigenvalue weighted by Crippen LogP contribution is 2.25. The molecule has 1 aromatic carbocycles. The molecule has 1 aromatic rings. The van der Waals surface area contributed by atoms with Crippen LogP contribution in [0.15, 0.2) is 24.3 Å². The smallest absolute Gasteiger partial charge is 0.407 e. The van der Waals surface area contributed by atoms with Crippen LogP contribution in [0, 0.1) is 0 Å². The number of carbonyl (C=O) groups is 1. The summed E-state index contributed by atoms with van der Waals surface area (Å²) in [6.07, 6.45) is -0.400. The summed E-state index contributed by atoms with van der Waals surface area (Å²) in [4.78, 5) is 11.8. The van der Waals surface area contributed by atoms with Gasteiger partial charge < -0.3 is 15.8 Å². The van der Waals surface area contributed by atoms with Crippen LogP contribution < -0.4 is 11.1 Å². The van der Waals surface area contributed by atoms with E-state index in [0.717, 1.165) is 0 Å². The van der Waals surface area contributed by atoms with E-state index < -0.39 is 11.7 Å². The van der Waals surface area contributed by atoms with E-state index in [0.29, 0.717) is 19.0 Å². The first-order chi connectivity index (χ1) is 9.74. The molecule has 1 amide bonds. The molecule has 0 heterocycles. The Labute approximate surface area is 128 Å².